The number of benzene rings is 1. The Morgan fingerprint density at radius 1 is 1.30 bits per heavy atom. The average Bonchev–Trinajstić information content (AvgIpc) is 2.46. The van der Waals surface area contributed by atoms with Gasteiger partial charge in [0.1, 0.15) is 11.9 Å². The van der Waals surface area contributed by atoms with Crippen LogP contribution in [0.5, 0.6) is 0 Å². The SMILES string of the molecule is CC1CN2CCCCC2CN1c1ccc(C#N)c(F)c1. The van der Waals surface area contributed by atoms with Gasteiger partial charge in [0.25, 0.3) is 0 Å². The lowest BCUT2D eigenvalue weighted by atomic mass is 9.96. The molecule has 2 saturated heterocycles. The molecule has 1 aromatic rings. The van der Waals surface area contributed by atoms with Crippen LogP contribution in [-0.4, -0.2) is 36.6 Å². The summed E-state index contributed by atoms with van der Waals surface area (Å²) >= 11 is 0. The van der Waals surface area contributed by atoms with Gasteiger partial charge in [-0.15, -0.1) is 0 Å². The molecule has 20 heavy (non-hydrogen) atoms. The van der Waals surface area contributed by atoms with E-state index in [-0.39, 0.29) is 5.56 Å². The maximum atomic E-state index is 13.8. The highest BCUT2D eigenvalue weighted by molar-refractivity contribution is 5.52. The van der Waals surface area contributed by atoms with Gasteiger partial charge in [0.05, 0.1) is 5.56 Å². The van der Waals surface area contributed by atoms with Gasteiger partial charge < -0.3 is 4.90 Å². The van der Waals surface area contributed by atoms with Crippen LogP contribution in [0.15, 0.2) is 18.2 Å². The first-order valence-electron chi connectivity index (χ1n) is 7.39. The van der Waals surface area contributed by atoms with Crippen molar-refractivity contribution in [1.82, 2.24) is 4.90 Å². The number of piperidine rings is 1. The molecule has 3 nitrogen and oxygen atoms in total. The van der Waals surface area contributed by atoms with Crippen LogP contribution < -0.4 is 4.90 Å². The van der Waals surface area contributed by atoms with Gasteiger partial charge in [0.15, 0.2) is 0 Å². The summed E-state index contributed by atoms with van der Waals surface area (Å²) in [6, 6.07) is 7.83. The number of hydrogen-bond donors (Lipinski definition) is 0. The standard InChI is InChI=1S/C16H20FN3/c1-12-10-19-7-3-2-4-15(19)11-20(12)14-6-5-13(9-18)16(17)8-14/h5-6,8,12,15H,2-4,7,10-11H2,1H3. The molecular formula is C16H20FN3. The Morgan fingerprint density at radius 3 is 2.90 bits per heavy atom. The van der Waals surface area contributed by atoms with E-state index < -0.39 is 5.82 Å². The molecular weight excluding hydrogens is 253 g/mol. The molecule has 2 unspecified atom stereocenters. The predicted octanol–water partition coefficient (Wildman–Crippen LogP) is 2.76. The van der Waals surface area contributed by atoms with Gasteiger partial charge in [0.2, 0.25) is 0 Å². The molecule has 106 valence electrons. The highest BCUT2D eigenvalue weighted by Gasteiger charge is 2.33. The number of nitrogens with zero attached hydrogens (tertiary/aromatic N) is 3. The average molecular weight is 273 g/mol. The number of halogens is 1. The lowest BCUT2D eigenvalue weighted by molar-refractivity contribution is 0.115. The Balaban J connectivity index is 1.82. The van der Waals surface area contributed by atoms with Crippen LogP contribution in [0.1, 0.15) is 31.7 Å². The molecule has 2 aliphatic rings. The summed E-state index contributed by atoms with van der Waals surface area (Å²) in [5.74, 6) is -0.414. The van der Waals surface area contributed by atoms with Gasteiger partial charge in [-0.05, 0) is 44.5 Å². The van der Waals surface area contributed by atoms with Gasteiger partial charge in [-0.2, -0.15) is 5.26 Å². The zero-order valence-corrected chi connectivity index (χ0v) is 11.8. The lowest BCUT2D eigenvalue weighted by Gasteiger charge is -2.48. The monoisotopic (exact) mass is 273 g/mol. The first kappa shape index (κ1) is 13.4. The van der Waals surface area contributed by atoms with E-state index in [1.54, 1.807) is 6.07 Å². The summed E-state index contributed by atoms with van der Waals surface area (Å²) in [4.78, 5) is 4.86. The Hall–Kier alpha value is -1.60. The van der Waals surface area contributed by atoms with E-state index >= 15 is 0 Å². The summed E-state index contributed by atoms with van der Waals surface area (Å²) in [7, 11) is 0. The molecule has 2 fully saturated rings. The third-order valence-electron chi connectivity index (χ3n) is 4.59. The minimum absolute atomic E-state index is 0.123. The number of piperazine rings is 1. The van der Waals surface area contributed by atoms with Crippen molar-refractivity contribution in [2.45, 2.75) is 38.3 Å². The maximum Gasteiger partial charge on any atom is 0.143 e. The van der Waals surface area contributed by atoms with Gasteiger partial charge >= 0.3 is 0 Å². The molecule has 2 aliphatic heterocycles. The van der Waals surface area contributed by atoms with Gasteiger partial charge in [-0.25, -0.2) is 4.39 Å². The Morgan fingerprint density at radius 2 is 2.15 bits per heavy atom. The Labute approximate surface area is 119 Å². The molecule has 4 heteroatoms. The van der Waals surface area contributed by atoms with Crippen molar-refractivity contribution in [3.05, 3.63) is 29.6 Å². The summed E-state index contributed by atoms with van der Waals surface area (Å²) in [5.41, 5.74) is 1.02. The van der Waals surface area contributed by atoms with Crippen LogP contribution in [-0.2, 0) is 0 Å². The summed E-state index contributed by atoms with van der Waals surface area (Å²) in [5, 5.41) is 8.82. The van der Waals surface area contributed by atoms with E-state index in [9.17, 15) is 4.39 Å². The molecule has 2 atom stereocenters. The van der Waals surface area contributed by atoms with Gasteiger partial charge in [-0.1, -0.05) is 6.42 Å². The molecule has 0 radical (unpaired) electrons. The molecule has 3 rings (SSSR count). The first-order chi connectivity index (χ1) is 9.69. The van der Waals surface area contributed by atoms with E-state index in [0.717, 1.165) is 18.8 Å². The predicted molar refractivity (Wildman–Crippen MR) is 77.1 cm³/mol. The molecule has 0 amide bonds. The molecule has 0 aliphatic carbocycles. The largest absolute Gasteiger partial charge is 0.366 e. The second-order valence-corrected chi connectivity index (χ2v) is 5.92. The van der Waals surface area contributed by atoms with E-state index in [1.165, 1.54) is 31.9 Å². The minimum atomic E-state index is -0.414. The fraction of sp³-hybridized carbons (Fsp3) is 0.562. The van der Waals surface area contributed by atoms with E-state index in [1.807, 2.05) is 12.1 Å². The van der Waals surface area contributed by atoms with E-state index in [4.69, 9.17) is 5.26 Å². The second kappa shape index (κ2) is 5.41. The van der Waals surface area contributed by atoms with Crippen molar-refractivity contribution >= 4 is 5.69 Å². The smallest absolute Gasteiger partial charge is 0.143 e. The second-order valence-electron chi connectivity index (χ2n) is 5.92. The van der Waals surface area contributed by atoms with Crippen molar-refractivity contribution in [3.63, 3.8) is 0 Å². The lowest BCUT2D eigenvalue weighted by Crippen LogP contribution is -2.58. The fourth-order valence-electron chi connectivity index (χ4n) is 3.49. The van der Waals surface area contributed by atoms with Crippen molar-refractivity contribution in [1.29, 1.82) is 5.26 Å². The maximum absolute atomic E-state index is 13.8. The molecule has 1 aromatic carbocycles. The van der Waals surface area contributed by atoms with Crippen molar-refractivity contribution in [3.8, 4) is 6.07 Å². The zero-order valence-electron chi connectivity index (χ0n) is 11.8. The van der Waals surface area contributed by atoms with Gasteiger partial charge in [0, 0.05) is 30.9 Å². The molecule has 0 aromatic heterocycles. The number of hydrogen-bond acceptors (Lipinski definition) is 3. The molecule has 0 saturated carbocycles. The normalized spacial score (nSPS) is 26.9. The van der Waals surface area contributed by atoms with Crippen LogP contribution in [0.3, 0.4) is 0 Å². The molecule has 0 bridgehead atoms. The fourth-order valence-corrected chi connectivity index (χ4v) is 3.49. The Kier molecular flexibility index (Phi) is 3.62. The van der Waals surface area contributed by atoms with Crippen LogP contribution in [0, 0.1) is 17.1 Å². The Bertz CT molecular complexity index is 537. The van der Waals surface area contributed by atoms with Crippen molar-refractivity contribution < 1.29 is 4.39 Å². The first-order valence-corrected chi connectivity index (χ1v) is 7.39. The summed E-state index contributed by atoms with van der Waals surface area (Å²) in [6.07, 6.45) is 3.84. The quantitative estimate of drug-likeness (QED) is 0.788. The van der Waals surface area contributed by atoms with Crippen molar-refractivity contribution in [2.24, 2.45) is 0 Å². The van der Waals surface area contributed by atoms with Crippen molar-refractivity contribution in [2.75, 3.05) is 24.5 Å². The minimum Gasteiger partial charge on any atom is -0.366 e. The van der Waals surface area contributed by atoms with Crippen LogP contribution in [0.2, 0.25) is 0 Å². The third kappa shape index (κ3) is 2.38. The number of anilines is 1. The third-order valence-corrected chi connectivity index (χ3v) is 4.59. The molecule has 0 N–H and O–H groups in total. The highest BCUT2D eigenvalue weighted by atomic mass is 19.1. The zero-order chi connectivity index (χ0) is 14.1. The number of fused-ring (bicyclic) bond motifs is 1. The van der Waals surface area contributed by atoms with Crippen LogP contribution >= 0.6 is 0 Å². The topological polar surface area (TPSA) is 30.3 Å². The number of nitriles is 1. The summed E-state index contributed by atoms with van der Waals surface area (Å²) < 4.78 is 13.8. The van der Waals surface area contributed by atoms with E-state index in [2.05, 4.69) is 16.7 Å². The van der Waals surface area contributed by atoms with Gasteiger partial charge in [-0.3, -0.25) is 4.90 Å². The number of rotatable bonds is 1. The molecule has 0 spiro atoms. The summed E-state index contributed by atoms with van der Waals surface area (Å²) in [6.45, 7) is 5.41. The van der Waals surface area contributed by atoms with Crippen LogP contribution in [0.25, 0.3) is 0 Å². The van der Waals surface area contributed by atoms with Crippen LogP contribution in [0.4, 0.5) is 10.1 Å². The molecule has 2 heterocycles. The highest BCUT2D eigenvalue weighted by Crippen LogP contribution is 2.28. The van der Waals surface area contributed by atoms with E-state index in [0.29, 0.717) is 12.1 Å².